The van der Waals surface area contributed by atoms with Crippen molar-refractivity contribution >= 4 is 11.9 Å². The van der Waals surface area contributed by atoms with Crippen LogP contribution in [0.15, 0.2) is 0 Å². The summed E-state index contributed by atoms with van der Waals surface area (Å²) in [5.41, 5.74) is 0. The van der Waals surface area contributed by atoms with Gasteiger partial charge in [-0.15, -0.1) is 0 Å². The number of fused-ring (bicyclic) bond motifs is 1. The van der Waals surface area contributed by atoms with E-state index in [0.717, 1.165) is 25.7 Å². The lowest BCUT2D eigenvalue weighted by atomic mass is 10.1. The van der Waals surface area contributed by atoms with Gasteiger partial charge in [-0.25, -0.2) is 0 Å². The Labute approximate surface area is 182 Å². The molecule has 0 spiro atoms. The van der Waals surface area contributed by atoms with Gasteiger partial charge in [0.15, 0.2) is 12.2 Å². The molecule has 0 radical (unpaired) electrons. The SMILES string of the molecule is CCCCCCCCC(=O)O[C@H]1CO[C@H]2[C@@H]1OC[C@H]2OC(=O)CCCCCCCC. The number of carbonyl (C=O) groups is 2. The second-order valence-corrected chi connectivity index (χ2v) is 8.69. The van der Waals surface area contributed by atoms with E-state index in [4.69, 9.17) is 18.9 Å². The van der Waals surface area contributed by atoms with E-state index >= 15 is 0 Å². The Bertz CT molecular complexity index is 450. The molecule has 0 aromatic carbocycles. The van der Waals surface area contributed by atoms with Gasteiger partial charge in [0, 0.05) is 12.8 Å². The Hall–Kier alpha value is -1.14. The summed E-state index contributed by atoms with van der Waals surface area (Å²) in [7, 11) is 0. The van der Waals surface area contributed by atoms with Gasteiger partial charge in [0.1, 0.15) is 12.2 Å². The zero-order chi connectivity index (χ0) is 21.6. The fourth-order valence-electron chi connectivity index (χ4n) is 4.19. The van der Waals surface area contributed by atoms with Crippen molar-refractivity contribution in [1.82, 2.24) is 0 Å². The first kappa shape index (κ1) is 25.1. The van der Waals surface area contributed by atoms with Gasteiger partial charge in [-0.1, -0.05) is 78.1 Å². The van der Waals surface area contributed by atoms with Crippen LogP contribution in [-0.4, -0.2) is 49.6 Å². The van der Waals surface area contributed by atoms with Gasteiger partial charge in [0.05, 0.1) is 13.2 Å². The van der Waals surface area contributed by atoms with E-state index in [0.29, 0.717) is 26.1 Å². The molecular formula is C24H42O6. The third-order valence-electron chi connectivity index (χ3n) is 6.00. The second kappa shape index (κ2) is 14.8. The maximum atomic E-state index is 12.1. The molecule has 2 aliphatic heterocycles. The summed E-state index contributed by atoms with van der Waals surface area (Å²) in [6, 6.07) is 0. The van der Waals surface area contributed by atoms with Crippen molar-refractivity contribution in [3.8, 4) is 0 Å². The Morgan fingerprint density at radius 1 is 0.633 bits per heavy atom. The van der Waals surface area contributed by atoms with Crippen LogP contribution >= 0.6 is 0 Å². The van der Waals surface area contributed by atoms with Gasteiger partial charge in [-0.05, 0) is 12.8 Å². The Balaban J connectivity index is 1.59. The molecule has 2 fully saturated rings. The number of rotatable bonds is 16. The fraction of sp³-hybridized carbons (Fsp3) is 0.917. The van der Waals surface area contributed by atoms with Crippen LogP contribution in [0.1, 0.15) is 104 Å². The smallest absolute Gasteiger partial charge is 0.306 e. The highest BCUT2D eigenvalue weighted by atomic mass is 16.7. The van der Waals surface area contributed by atoms with Crippen LogP contribution in [0.5, 0.6) is 0 Å². The molecule has 0 N–H and O–H groups in total. The average Bonchev–Trinajstić information content (AvgIpc) is 3.31. The molecular weight excluding hydrogens is 384 g/mol. The molecule has 4 atom stereocenters. The second-order valence-electron chi connectivity index (χ2n) is 8.69. The Morgan fingerprint density at radius 3 is 1.40 bits per heavy atom. The molecule has 2 rings (SSSR count). The summed E-state index contributed by atoms with van der Waals surface area (Å²) in [6.07, 6.45) is 13.1. The zero-order valence-electron chi connectivity index (χ0n) is 19.1. The first-order valence-electron chi connectivity index (χ1n) is 12.3. The number of ether oxygens (including phenoxy) is 4. The third-order valence-corrected chi connectivity index (χ3v) is 6.00. The van der Waals surface area contributed by atoms with Crippen molar-refractivity contribution in [2.45, 2.75) is 128 Å². The van der Waals surface area contributed by atoms with Crippen molar-refractivity contribution in [2.75, 3.05) is 13.2 Å². The van der Waals surface area contributed by atoms with Gasteiger partial charge in [0.25, 0.3) is 0 Å². The average molecular weight is 427 g/mol. The lowest BCUT2D eigenvalue weighted by Crippen LogP contribution is -2.35. The number of esters is 2. The molecule has 30 heavy (non-hydrogen) atoms. The molecule has 2 saturated heterocycles. The molecule has 2 aliphatic rings. The molecule has 0 amide bonds. The van der Waals surface area contributed by atoms with Crippen LogP contribution in [0, 0.1) is 0 Å². The monoisotopic (exact) mass is 426 g/mol. The maximum absolute atomic E-state index is 12.1. The highest BCUT2D eigenvalue weighted by Crippen LogP contribution is 2.31. The molecule has 0 bridgehead atoms. The van der Waals surface area contributed by atoms with Crippen LogP contribution in [0.4, 0.5) is 0 Å². The minimum Gasteiger partial charge on any atom is -0.457 e. The minimum atomic E-state index is -0.398. The molecule has 0 aromatic rings. The van der Waals surface area contributed by atoms with E-state index in [1.807, 2.05) is 0 Å². The third kappa shape index (κ3) is 8.93. The van der Waals surface area contributed by atoms with Gasteiger partial charge < -0.3 is 18.9 Å². The van der Waals surface area contributed by atoms with Crippen molar-refractivity contribution in [3.05, 3.63) is 0 Å². The first-order chi connectivity index (χ1) is 14.7. The molecule has 174 valence electrons. The highest BCUT2D eigenvalue weighted by Gasteiger charge is 2.51. The van der Waals surface area contributed by atoms with Crippen molar-refractivity contribution in [2.24, 2.45) is 0 Å². The van der Waals surface area contributed by atoms with Crippen LogP contribution < -0.4 is 0 Å². The van der Waals surface area contributed by atoms with E-state index in [1.54, 1.807) is 0 Å². The van der Waals surface area contributed by atoms with Crippen LogP contribution in [-0.2, 0) is 28.5 Å². The van der Waals surface area contributed by atoms with Crippen LogP contribution in [0.3, 0.4) is 0 Å². The Kier molecular flexibility index (Phi) is 12.4. The van der Waals surface area contributed by atoms with Crippen LogP contribution in [0.25, 0.3) is 0 Å². The van der Waals surface area contributed by atoms with Crippen molar-refractivity contribution in [3.63, 3.8) is 0 Å². The zero-order valence-corrected chi connectivity index (χ0v) is 19.1. The number of hydrogen-bond acceptors (Lipinski definition) is 6. The molecule has 6 nitrogen and oxygen atoms in total. The van der Waals surface area contributed by atoms with Gasteiger partial charge >= 0.3 is 11.9 Å². The van der Waals surface area contributed by atoms with E-state index in [9.17, 15) is 9.59 Å². The van der Waals surface area contributed by atoms with Crippen molar-refractivity contribution in [1.29, 1.82) is 0 Å². The molecule has 6 heteroatoms. The van der Waals surface area contributed by atoms with E-state index in [-0.39, 0.29) is 24.1 Å². The first-order valence-corrected chi connectivity index (χ1v) is 12.3. The number of carbonyl (C=O) groups excluding carboxylic acids is 2. The molecule has 2 heterocycles. The quantitative estimate of drug-likeness (QED) is 0.252. The van der Waals surface area contributed by atoms with Gasteiger partial charge in [-0.2, -0.15) is 0 Å². The van der Waals surface area contributed by atoms with Crippen molar-refractivity contribution < 1.29 is 28.5 Å². The number of unbranched alkanes of at least 4 members (excludes halogenated alkanes) is 10. The number of hydrogen-bond donors (Lipinski definition) is 0. The summed E-state index contributed by atoms with van der Waals surface area (Å²) in [5.74, 6) is -0.376. The largest absolute Gasteiger partial charge is 0.457 e. The van der Waals surface area contributed by atoms with Crippen LogP contribution in [0.2, 0.25) is 0 Å². The highest BCUT2D eigenvalue weighted by molar-refractivity contribution is 5.70. The van der Waals surface area contributed by atoms with E-state index in [2.05, 4.69) is 13.8 Å². The van der Waals surface area contributed by atoms with E-state index in [1.165, 1.54) is 51.4 Å². The van der Waals surface area contributed by atoms with Gasteiger partial charge in [-0.3, -0.25) is 9.59 Å². The Morgan fingerprint density at radius 2 is 1.00 bits per heavy atom. The molecule has 0 saturated carbocycles. The lowest BCUT2D eigenvalue weighted by Gasteiger charge is -2.17. The topological polar surface area (TPSA) is 71.1 Å². The summed E-state index contributed by atoms with van der Waals surface area (Å²) in [6.45, 7) is 5.01. The minimum absolute atomic E-state index is 0.188. The maximum Gasteiger partial charge on any atom is 0.306 e. The predicted octanol–water partition coefficient (Wildman–Crippen LogP) is 5.11. The fourth-order valence-corrected chi connectivity index (χ4v) is 4.19. The van der Waals surface area contributed by atoms with E-state index < -0.39 is 12.2 Å². The van der Waals surface area contributed by atoms with Gasteiger partial charge in [0.2, 0.25) is 0 Å². The lowest BCUT2D eigenvalue weighted by molar-refractivity contribution is -0.155. The standard InChI is InChI=1S/C24H42O6/c1-3-5-7-9-11-13-15-21(25)29-19-17-27-24-20(18-28-23(19)24)30-22(26)16-14-12-10-8-6-4-2/h19-20,23-24H,3-18H2,1-2H3/t19-,20+,23-,24-/m1/s1. The predicted molar refractivity (Wildman–Crippen MR) is 115 cm³/mol. The molecule has 0 aromatic heterocycles. The normalized spacial score (nSPS) is 25.3. The summed E-state index contributed by atoms with van der Waals surface area (Å²) >= 11 is 0. The molecule has 0 aliphatic carbocycles. The molecule has 0 unspecified atom stereocenters. The summed E-state index contributed by atoms with van der Waals surface area (Å²) in [4.78, 5) is 24.3. The summed E-state index contributed by atoms with van der Waals surface area (Å²) < 4.78 is 22.7. The summed E-state index contributed by atoms with van der Waals surface area (Å²) in [5, 5.41) is 0.